The van der Waals surface area contributed by atoms with Crippen LogP contribution >= 0.6 is 0 Å². The average Bonchev–Trinajstić information content (AvgIpc) is 2.63. The number of sulfonamides is 1. The lowest BCUT2D eigenvalue weighted by molar-refractivity contribution is 0.607. The smallest absolute Gasteiger partial charge is 0.229 e. The SMILES string of the molecule is Cc1ccc(CCc2cccc(NS(C)(=O)=O)c2)cc1Nc1ccc(F)cc1. The highest BCUT2D eigenvalue weighted by molar-refractivity contribution is 7.92. The molecular formula is C22H23FN2O2S. The van der Waals surface area contributed by atoms with E-state index >= 15 is 0 Å². The van der Waals surface area contributed by atoms with Crippen LogP contribution in [0.5, 0.6) is 0 Å². The molecular weight excluding hydrogens is 375 g/mol. The first-order chi connectivity index (χ1) is 13.3. The van der Waals surface area contributed by atoms with Crippen LogP contribution in [0.25, 0.3) is 0 Å². The van der Waals surface area contributed by atoms with Crippen LogP contribution in [0.3, 0.4) is 0 Å². The van der Waals surface area contributed by atoms with E-state index in [9.17, 15) is 12.8 Å². The fourth-order valence-corrected chi connectivity index (χ4v) is 3.50. The fourth-order valence-electron chi connectivity index (χ4n) is 2.94. The van der Waals surface area contributed by atoms with Crippen molar-refractivity contribution in [1.82, 2.24) is 0 Å². The summed E-state index contributed by atoms with van der Waals surface area (Å²) >= 11 is 0. The highest BCUT2D eigenvalue weighted by Gasteiger charge is 2.05. The zero-order valence-corrected chi connectivity index (χ0v) is 16.7. The van der Waals surface area contributed by atoms with Crippen molar-refractivity contribution >= 4 is 27.1 Å². The summed E-state index contributed by atoms with van der Waals surface area (Å²) in [6.45, 7) is 2.02. The van der Waals surface area contributed by atoms with Crippen LogP contribution in [0, 0.1) is 12.7 Å². The molecule has 2 N–H and O–H groups in total. The quantitative estimate of drug-likeness (QED) is 0.587. The Kier molecular flexibility index (Phi) is 5.99. The van der Waals surface area contributed by atoms with E-state index in [1.54, 1.807) is 18.2 Å². The molecule has 0 saturated heterocycles. The Bertz CT molecular complexity index is 1060. The average molecular weight is 399 g/mol. The van der Waals surface area contributed by atoms with Gasteiger partial charge in [-0.15, -0.1) is 0 Å². The van der Waals surface area contributed by atoms with E-state index in [0.717, 1.165) is 47.2 Å². The second-order valence-corrected chi connectivity index (χ2v) is 8.60. The van der Waals surface area contributed by atoms with Gasteiger partial charge in [-0.25, -0.2) is 12.8 Å². The van der Waals surface area contributed by atoms with E-state index in [4.69, 9.17) is 0 Å². The van der Waals surface area contributed by atoms with Crippen LogP contribution in [0.1, 0.15) is 16.7 Å². The maximum atomic E-state index is 13.1. The minimum atomic E-state index is -3.29. The van der Waals surface area contributed by atoms with Gasteiger partial charge in [0.15, 0.2) is 0 Å². The van der Waals surface area contributed by atoms with Crippen molar-refractivity contribution in [2.24, 2.45) is 0 Å². The van der Waals surface area contributed by atoms with Crippen molar-refractivity contribution in [3.8, 4) is 0 Å². The van der Waals surface area contributed by atoms with Gasteiger partial charge in [0.1, 0.15) is 5.82 Å². The van der Waals surface area contributed by atoms with Crippen molar-refractivity contribution in [1.29, 1.82) is 0 Å². The zero-order chi connectivity index (χ0) is 20.1. The molecule has 0 aliphatic carbocycles. The van der Waals surface area contributed by atoms with Gasteiger partial charge < -0.3 is 5.32 Å². The third-order valence-corrected chi connectivity index (χ3v) is 4.96. The molecule has 3 aromatic rings. The molecule has 0 aliphatic rings. The molecule has 3 aromatic carbocycles. The Balaban J connectivity index is 1.70. The van der Waals surface area contributed by atoms with Crippen molar-refractivity contribution < 1.29 is 12.8 Å². The summed E-state index contributed by atoms with van der Waals surface area (Å²) in [5, 5.41) is 3.33. The molecule has 4 nitrogen and oxygen atoms in total. The van der Waals surface area contributed by atoms with Gasteiger partial charge >= 0.3 is 0 Å². The van der Waals surface area contributed by atoms with Gasteiger partial charge in [0.2, 0.25) is 10.0 Å². The molecule has 3 rings (SSSR count). The Hall–Kier alpha value is -2.86. The van der Waals surface area contributed by atoms with Gasteiger partial charge in [0.25, 0.3) is 0 Å². The highest BCUT2D eigenvalue weighted by atomic mass is 32.2. The maximum Gasteiger partial charge on any atom is 0.229 e. The number of anilines is 3. The van der Waals surface area contributed by atoms with Crippen LogP contribution in [-0.4, -0.2) is 14.7 Å². The molecule has 146 valence electrons. The summed E-state index contributed by atoms with van der Waals surface area (Å²) in [5.41, 5.74) is 5.71. The molecule has 0 aliphatic heterocycles. The monoisotopic (exact) mass is 398 g/mol. The summed E-state index contributed by atoms with van der Waals surface area (Å²) in [4.78, 5) is 0. The van der Waals surface area contributed by atoms with Crippen molar-refractivity contribution in [2.75, 3.05) is 16.3 Å². The summed E-state index contributed by atoms with van der Waals surface area (Å²) in [7, 11) is -3.29. The standard InChI is InChI=1S/C22H23FN2O2S/c1-16-6-7-18(15-22(16)24-20-12-10-19(23)11-13-20)9-8-17-4-3-5-21(14-17)25-28(2,26)27/h3-7,10-15,24-25H,8-9H2,1-2H3. The Morgan fingerprint density at radius 3 is 2.21 bits per heavy atom. The third kappa shape index (κ3) is 5.82. The van der Waals surface area contributed by atoms with Crippen molar-refractivity contribution in [3.63, 3.8) is 0 Å². The first-order valence-electron chi connectivity index (χ1n) is 8.97. The molecule has 0 aromatic heterocycles. The summed E-state index contributed by atoms with van der Waals surface area (Å²) in [6, 6.07) is 19.9. The lowest BCUT2D eigenvalue weighted by Crippen LogP contribution is -2.09. The molecule has 0 amide bonds. The van der Waals surface area contributed by atoms with E-state index in [2.05, 4.69) is 28.2 Å². The molecule has 6 heteroatoms. The topological polar surface area (TPSA) is 58.2 Å². The van der Waals surface area contributed by atoms with E-state index in [0.29, 0.717) is 5.69 Å². The molecule has 0 fully saturated rings. The molecule has 0 heterocycles. The Morgan fingerprint density at radius 2 is 1.54 bits per heavy atom. The largest absolute Gasteiger partial charge is 0.355 e. The number of rotatable bonds is 7. The fraction of sp³-hybridized carbons (Fsp3) is 0.182. The number of hydrogen-bond donors (Lipinski definition) is 2. The minimum Gasteiger partial charge on any atom is -0.355 e. The number of aryl methyl sites for hydroxylation is 3. The molecule has 0 spiro atoms. The first-order valence-corrected chi connectivity index (χ1v) is 10.9. The highest BCUT2D eigenvalue weighted by Crippen LogP contribution is 2.23. The molecule has 0 radical (unpaired) electrons. The van der Waals surface area contributed by atoms with Crippen LogP contribution in [0.4, 0.5) is 21.5 Å². The molecule has 0 saturated carbocycles. The van der Waals surface area contributed by atoms with Crippen LogP contribution in [0.2, 0.25) is 0 Å². The van der Waals surface area contributed by atoms with E-state index in [-0.39, 0.29) is 5.82 Å². The minimum absolute atomic E-state index is 0.261. The normalized spacial score (nSPS) is 11.2. The number of hydrogen-bond acceptors (Lipinski definition) is 3. The van der Waals surface area contributed by atoms with Crippen LogP contribution < -0.4 is 10.0 Å². The van der Waals surface area contributed by atoms with E-state index < -0.39 is 10.0 Å². The van der Waals surface area contributed by atoms with Gasteiger partial charge in [0, 0.05) is 17.1 Å². The summed E-state index contributed by atoms with van der Waals surface area (Å²) in [5.74, 6) is -0.261. The summed E-state index contributed by atoms with van der Waals surface area (Å²) in [6.07, 6.45) is 2.75. The molecule has 0 atom stereocenters. The van der Waals surface area contributed by atoms with Crippen molar-refractivity contribution in [2.45, 2.75) is 19.8 Å². The zero-order valence-electron chi connectivity index (χ0n) is 15.9. The van der Waals surface area contributed by atoms with Crippen LogP contribution in [-0.2, 0) is 22.9 Å². The van der Waals surface area contributed by atoms with E-state index in [1.165, 1.54) is 12.1 Å². The summed E-state index contributed by atoms with van der Waals surface area (Å²) < 4.78 is 38.4. The second kappa shape index (κ2) is 8.44. The first kappa shape index (κ1) is 19.9. The number of benzene rings is 3. The molecule has 28 heavy (non-hydrogen) atoms. The van der Waals surface area contributed by atoms with Gasteiger partial charge in [-0.1, -0.05) is 24.3 Å². The molecule has 0 bridgehead atoms. The maximum absolute atomic E-state index is 13.1. The van der Waals surface area contributed by atoms with Gasteiger partial charge in [-0.05, 0) is 78.9 Å². The third-order valence-electron chi connectivity index (χ3n) is 4.36. The number of nitrogens with one attached hydrogen (secondary N) is 2. The predicted molar refractivity (Wildman–Crippen MR) is 113 cm³/mol. The predicted octanol–water partition coefficient (Wildman–Crippen LogP) is 5.03. The lowest BCUT2D eigenvalue weighted by atomic mass is 10.0. The van der Waals surface area contributed by atoms with E-state index in [1.807, 2.05) is 25.1 Å². The lowest BCUT2D eigenvalue weighted by Gasteiger charge is -2.12. The van der Waals surface area contributed by atoms with Crippen molar-refractivity contribution in [3.05, 3.63) is 89.2 Å². The Labute approximate surface area is 165 Å². The van der Waals surface area contributed by atoms with Gasteiger partial charge in [-0.3, -0.25) is 4.72 Å². The second-order valence-electron chi connectivity index (χ2n) is 6.86. The molecule has 0 unspecified atom stereocenters. The number of halogens is 1. The van der Waals surface area contributed by atoms with Gasteiger partial charge in [-0.2, -0.15) is 0 Å². The van der Waals surface area contributed by atoms with Crippen LogP contribution in [0.15, 0.2) is 66.7 Å². The van der Waals surface area contributed by atoms with Gasteiger partial charge in [0.05, 0.1) is 6.26 Å². The Morgan fingerprint density at radius 1 is 0.857 bits per heavy atom.